The Kier molecular flexibility index (Phi) is 1.90. The van der Waals surface area contributed by atoms with Gasteiger partial charge in [0.1, 0.15) is 0 Å². The van der Waals surface area contributed by atoms with Crippen LogP contribution in [0.2, 0.25) is 0 Å². The molecule has 3 atom stereocenters. The number of fused-ring (bicyclic) bond motifs is 1. The first kappa shape index (κ1) is 7.56. The van der Waals surface area contributed by atoms with Crippen molar-refractivity contribution >= 4 is 0 Å². The van der Waals surface area contributed by atoms with Gasteiger partial charge in [-0.15, -0.1) is 0 Å². The molecule has 11 heavy (non-hydrogen) atoms. The van der Waals surface area contributed by atoms with Crippen LogP contribution in [0, 0.1) is 11.8 Å². The van der Waals surface area contributed by atoms with Crippen molar-refractivity contribution in [3.8, 4) is 0 Å². The first-order chi connectivity index (χ1) is 5.34. The van der Waals surface area contributed by atoms with Gasteiger partial charge in [0, 0.05) is 6.04 Å². The van der Waals surface area contributed by atoms with Crippen molar-refractivity contribution in [3.63, 3.8) is 0 Å². The van der Waals surface area contributed by atoms with E-state index in [-0.39, 0.29) is 0 Å². The number of likely N-dealkylation sites (tertiary alicyclic amines) is 1. The number of piperidine rings is 1. The van der Waals surface area contributed by atoms with E-state index in [1.54, 1.807) is 0 Å². The molecule has 2 fully saturated rings. The Morgan fingerprint density at radius 2 is 2.36 bits per heavy atom. The van der Waals surface area contributed by atoms with Crippen LogP contribution in [0.5, 0.6) is 0 Å². The maximum absolute atomic E-state index is 3.22. The lowest BCUT2D eigenvalue weighted by Crippen LogP contribution is -2.21. The number of hydrogen-bond donors (Lipinski definition) is 1. The van der Waals surface area contributed by atoms with Crippen LogP contribution in [-0.2, 0) is 0 Å². The van der Waals surface area contributed by atoms with E-state index in [0.29, 0.717) is 0 Å². The molecule has 0 amide bonds. The monoisotopic (exact) mass is 154 g/mol. The van der Waals surface area contributed by atoms with E-state index in [1.165, 1.54) is 25.9 Å². The van der Waals surface area contributed by atoms with E-state index in [4.69, 9.17) is 0 Å². The molecule has 2 rings (SSSR count). The van der Waals surface area contributed by atoms with E-state index in [2.05, 4.69) is 17.3 Å². The highest BCUT2D eigenvalue weighted by atomic mass is 15.2. The molecule has 0 spiro atoms. The first-order valence-corrected chi connectivity index (χ1v) is 4.69. The van der Waals surface area contributed by atoms with Crippen LogP contribution in [0.4, 0.5) is 0 Å². The van der Waals surface area contributed by atoms with Crippen molar-refractivity contribution in [1.29, 1.82) is 0 Å². The molecule has 1 saturated carbocycles. The second-order valence-electron chi connectivity index (χ2n) is 3.98. The summed E-state index contributed by atoms with van der Waals surface area (Å²) >= 11 is 0. The lowest BCUT2D eigenvalue weighted by molar-refractivity contribution is 0.333. The molecule has 1 unspecified atom stereocenters. The van der Waals surface area contributed by atoms with E-state index in [1.807, 2.05) is 7.05 Å². The van der Waals surface area contributed by atoms with Gasteiger partial charge in [-0.1, -0.05) is 0 Å². The van der Waals surface area contributed by atoms with Gasteiger partial charge in [0.15, 0.2) is 0 Å². The molecule has 0 bridgehead atoms. The fourth-order valence-corrected chi connectivity index (χ4v) is 2.66. The predicted octanol–water partition coefficient (Wildman–Crippen LogP) is 0.546. The lowest BCUT2D eigenvalue weighted by atomic mass is 10.2. The fraction of sp³-hybridized carbons (Fsp3) is 1.00. The third-order valence-corrected chi connectivity index (χ3v) is 3.34. The van der Waals surface area contributed by atoms with E-state index >= 15 is 0 Å². The normalized spacial score (nSPS) is 42.5. The fourth-order valence-electron chi connectivity index (χ4n) is 2.66. The Hall–Kier alpha value is -0.0800. The number of rotatable bonds is 3. The summed E-state index contributed by atoms with van der Waals surface area (Å²) in [6, 6.07) is 0.961. The summed E-state index contributed by atoms with van der Waals surface area (Å²) in [5.74, 6) is 2.09. The molecule has 1 N–H and O–H groups in total. The molecule has 1 aliphatic heterocycles. The maximum atomic E-state index is 3.22. The summed E-state index contributed by atoms with van der Waals surface area (Å²) in [6.07, 6.45) is 2.84. The average molecular weight is 154 g/mol. The van der Waals surface area contributed by atoms with Gasteiger partial charge in [-0.3, -0.25) is 0 Å². The van der Waals surface area contributed by atoms with Gasteiger partial charge in [0.2, 0.25) is 0 Å². The molecule has 0 aromatic heterocycles. The Morgan fingerprint density at radius 1 is 1.55 bits per heavy atom. The molecule has 0 aromatic rings. The second-order valence-corrected chi connectivity index (χ2v) is 3.98. The summed E-state index contributed by atoms with van der Waals surface area (Å²) < 4.78 is 0. The Labute approximate surface area is 69.0 Å². The summed E-state index contributed by atoms with van der Waals surface area (Å²) in [7, 11) is 4.31. The van der Waals surface area contributed by atoms with Crippen LogP contribution in [0.1, 0.15) is 12.8 Å². The first-order valence-electron chi connectivity index (χ1n) is 4.69. The second kappa shape index (κ2) is 2.76. The van der Waals surface area contributed by atoms with Crippen LogP contribution in [0.15, 0.2) is 0 Å². The van der Waals surface area contributed by atoms with Crippen molar-refractivity contribution in [3.05, 3.63) is 0 Å². The van der Waals surface area contributed by atoms with Gasteiger partial charge in [-0.25, -0.2) is 0 Å². The molecular formula is C9H18N2. The summed E-state index contributed by atoms with van der Waals surface area (Å²) in [6.45, 7) is 2.54. The molecule has 2 aliphatic rings. The van der Waals surface area contributed by atoms with Crippen LogP contribution >= 0.6 is 0 Å². The van der Waals surface area contributed by atoms with Gasteiger partial charge in [0.05, 0.1) is 0 Å². The van der Waals surface area contributed by atoms with Crippen molar-refractivity contribution < 1.29 is 0 Å². The molecule has 1 saturated heterocycles. The largest absolute Gasteiger partial charge is 0.320 e. The SMILES string of the molecule is CNCCC1[C@H]2CCN(C)[C@@H]12. The van der Waals surface area contributed by atoms with Crippen molar-refractivity contribution in [2.45, 2.75) is 18.9 Å². The minimum atomic E-state index is 0.961. The number of nitrogens with zero attached hydrogens (tertiary/aromatic N) is 1. The van der Waals surface area contributed by atoms with Gasteiger partial charge in [-0.2, -0.15) is 0 Å². The zero-order valence-corrected chi connectivity index (χ0v) is 7.51. The summed E-state index contributed by atoms with van der Waals surface area (Å²) in [4.78, 5) is 2.53. The van der Waals surface area contributed by atoms with Gasteiger partial charge in [0.25, 0.3) is 0 Å². The minimum Gasteiger partial charge on any atom is -0.320 e. The van der Waals surface area contributed by atoms with Crippen LogP contribution in [-0.4, -0.2) is 38.1 Å². The van der Waals surface area contributed by atoms with E-state index < -0.39 is 0 Å². The Bertz CT molecular complexity index is 146. The Balaban J connectivity index is 1.76. The molecule has 1 heterocycles. The zero-order valence-electron chi connectivity index (χ0n) is 7.51. The minimum absolute atomic E-state index is 0.961. The molecule has 0 aromatic carbocycles. The molecule has 1 aliphatic carbocycles. The third-order valence-electron chi connectivity index (χ3n) is 3.34. The third kappa shape index (κ3) is 1.18. The zero-order chi connectivity index (χ0) is 7.84. The highest BCUT2D eigenvalue weighted by Gasteiger charge is 2.54. The van der Waals surface area contributed by atoms with Crippen LogP contribution in [0.25, 0.3) is 0 Å². The topological polar surface area (TPSA) is 15.3 Å². The highest BCUT2D eigenvalue weighted by molar-refractivity contribution is 5.07. The lowest BCUT2D eigenvalue weighted by Gasteiger charge is -2.12. The van der Waals surface area contributed by atoms with Gasteiger partial charge in [-0.05, 0) is 51.9 Å². The van der Waals surface area contributed by atoms with E-state index in [9.17, 15) is 0 Å². The molecule has 2 heteroatoms. The molecule has 2 nitrogen and oxygen atoms in total. The molecular weight excluding hydrogens is 136 g/mol. The maximum Gasteiger partial charge on any atom is 0.0156 e. The van der Waals surface area contributed by atoms with Crippen molar-refractivity contribution in [2.24, 2.45) is 11.8 Å². The van der Waals surface area contributed by atoms with Gasteiger partial charge < -0.3 is 10.2 Å². The number of hydrogen-bond acceptors (Lipinski definition) is 2. The van der Waals surface area contributed by atoms with E-state index in [0.717, 1.165) is 17.9 Å². The predicted molar refractivity (Wildman–Crippen MR) is 46.6 cm³/mol. The standard InChI is InChI=1S/C9H18N2/c1-10-5-3-7-8-4-6-11(2)9(7)8/h7-10H,3-6H2,1-2H3/t7?,8-,9+/m1/s1. The number of nitrogens with one attached hydrogen (secondary N) is 1. The summed E-state index contributed by atoms with van der Waals surface area (Å²) in [5.41, 5.74) is 0. The quantitative estimate of drug-likeness (QED) is 0.638. The average Bonchev–Trinajstić information content (AvgIpc) is 2.58. The molecule has 0 radical (unpaired) electrons. The van der Waals surface area contributed by atoms with Crippen molar-refractivity contribution in [1.82, 2.24) is 10.2 Å². The van der Waals surface area contributed by atoms with Gasteiger partial charge >= 0.3 is 0 Å². The molecule has 64 valence electrons. The van der Waals surface area contributed by atoms with Crippen LogP contribution in [0.3, 0.4) is 0 Å². The van der Waals surface area contributed by atoms with Crippen LogP contribution < -0.4 is 5.32 Å². The Morgan fingerprint density at radius 3 is 2.91 bits per heavy atom. The highest BCUT2D eigenvalue weighted by Crippen LogP contribution is 2.51. The smallest absolute Gasteiger partial charge is 0.0156 e. The van der Waals surface area contributed by atoms with Crippen molar-refractivity contribution in [2.75, 3.05) is 27.2 Å². The summed E-state index contributed by atoms with van der Waals surface area (Å²) in [5, 5.41) is 3.22.